The highest BCUT2D eigenvalue weighted by atomic mass is 16.5. The molecule has 5 nitrogen and oxygen atoms in total. The van der Waals surface area contributed by atoms with E-state index in [1.807, 2.05) is 0 Å². The van der Waals surface area contributed by atoms with Gasteiger partial charge in [0, 0.05) is 18.2 Å². The Morgan fingerprint density at radius 3 is 3.06 bits per heavy atom. The van der Waals surface area contributed by atoms with Crippen LogP contribution in [0.2, 0.25) is 0 Å². The zero-order valence-electron chi connectivity index (χ0n) is 9.67. The van der Waals surface area contributed by atoms with Crippen LogP contribution < -0.4 is 0 Å². The Morgan fingerprint density at radius 1 is 1.39 bits per heavy atom. The lowest BCUT2D eigenvalue weighted by Gasteiger charge is -2.27. The molecule has 1 aromatic heterocycles. The molecular formula is C13H12N2O3. The van der Waals surface area contributed by atoms with Crippen molar-refractivity contribution in [3.05, 3.63) is 47.3 Å². The number of fused-ring (bicyclic) bond motifs is 1. The van der Waals surface area contributed by atoms with Crippen LogP contribution in [0, 0.1) is 0 Å². The second-order valence-corrected chi connectivity index (χ2v) is 4.31. The average Bonchev–Trinajstić information content (AvgIpc) is 2.85. The van der Waals surface area contributed by atoms with Gasteiger partial charge in [0.2, 0.25) is 0 Å². The molecule has 1 aromatic carbocycles. The molecule has 3 rings (SSSR count). The zero-order valence-corrected chi connectivity index (χ0v) is 9.67. The summed E-state index contributed by atoms with van der Waals surface area (Å²) in [6, 6.07) is 6.61. The van der Waals surface area contributed by atoms with E-state index < -0.39 is 0 Å². The first-order valence-electron chi connectivity index (χ1n) is 5.74. The summed E-state index contributed by atoms with van der Waals surface area (Å²) in [5.41, 5.74) is 2.30. The minimum atomic E-state index is -0.0285. The molecule has 2 heterocycles. The van der Waals surface area contributed by atoms with Crippen LogP contribution in [0.4, 0.5) is 0 Å². The van der Waals surface area contributed by atoms with Gasteiger partial charge in [-0.2, -0.15) is 0 Å². The highest BCUT2D eigenvalue weighted by Gasteiger charge is 2.24. The summed E-state index contributed by atoms with van der Waals surface area (Å²) in [4.78, 5) is 14.0. The Labute approximate surface area is 104 Å². The van der Waals surface area contributed by atoms with Crippen LogP contribution in [0.25, 0.3) is 0 Å². The average molecular weight is 244 g/mol. The van der Waals surface area contributed by atoms with Gasteiger partial charge in [0.25, 0.3) is 5.91 Å². The van der Waals surface area contributed by atoms with E-state index in [9.17, 15) is 9.90 Å². The van der Waals surface area contributed by atoms with E-state index in [1.165, 1.54) is 12.3 Å². The largest absolute Gasteiger partial charge is 0.508 e. The predicted octanol–water partition coefficient (Wildman–Crippen LogP) is 1.58. The van der Waals surface area contributed by atoms with Crippen LogP contribution in [0.5, 0.6) is 5.75 Å². The second-order valence-electron chi connectivity index (χ2n) is 4.31. The Bertz CT molecular complexity index is 578. The molecule has 0 spiro atoms. The Balaban J connectivity index is 1.85. The monoisotopic (exact) mass is 244 g/mol. The van der Waals surface area contributed by atoms with Crippen molar-refractivity contribution in [2.45, 2.75) is 13.0 Å². The van der Waals surface area contributed by atoms with Gasteiger partial charge in [-0.1, -0.05) is 5.16 Å². The third kappa shape index (κ3) is 1.84. The topological polar surface area (TPSA) is 66.6 Å². The quantitative estimate of drug-likeness (QED) is 0.871. The summed E-state index contributed by atoms with van der Waals surface area (Å²) in [7, 11) is 0. The molecule has 0 radical (unpaired) electrons. The Morgan fingerprint density at radius 2 is 2.28 bits per heavy atom. The lowest BCUT2D eigenvalue weighted by atomic mass is 9.98. The number of rotatable bonds is 2. The van der Waals surface area contributed by atoms with Crippen LogP contribution in [-0.4, -0.2) is 27.6 Å². The third-order valence-electron chi connectivity index (χ3n) is 3.10. The fourth-order valence-corrected chi connectivity index (χ4v) is 2.19. The fourth-order valence-electron chi connectivity index (χ4n) is 2.19. The molecule has 0 unspecified atom stereocenters. The summed E-state index contributed by atoms with van der Waals surface area (Å²) in [5.74, 6) is 0.172. The molecule has 0 atom stereocenters. The predicted molar refractivity (Wildman–Crippen MR) is 63.1 cm³/mol. The van der Waals surface area contributed by atoms with E-state index in [-0.39, 0.29) is 11.7 Å². The van der Waals surface area contributed by atoms with Crippen molar-refractivity contribution in [1.82, 2.24) is 10.1 Å². The molecule has 0 saturated carbocycles. The first-order chi connectivity index (χ1) is 8.74. The molecule has 5 heteroatoms. The summed E-state index contributed by atoms with van der Waals surface area (Å²) < 4.78 is 4.76. The summed E-state index contributed by atoms with van der Waals surface area (Å²) in [5, 5.41) is 13.2. The summed E-state index contributed by atoms with van der Waals surface area (Å²) >= 11 is 0. The second kappa shape index (κ2) is 4.18. The number of phenolic OH excluding ortho intramolecular Hbond substituents is 1. The molecule has 1 amide bonds. The van der Waals surface area contributed by atoms with Gasteiger partial charge in [0.05, 0.1) is 6.54 Å². The van der Waals surface area contributed by atoms with Crippen LogP contribution in [0.3, 0.4) is 0 Å². The van der Waals surface area contributed by atoms with Crippen molar-refractivity contribution < 1.29 is 14.4 Å². The van der Waals surface area contributed by atoms with Crippen molar-refractivity contribution in [3.8, 4) is 5.75 Å². The number of carbonyl (C=O) groups excluding carboxylic acids is 1. The summed E-state index contributed by atoms with van der Waals surface area (Å²) in [6.45, 7) is 1.08. The lowest BCUT2D eigenvalue weighted by Crippen LogP contribution is -2.37. The van der Waals surface area contributed by atoms with Crippen LogP contribution in [-0.2, 0) is 13.0 Å². The number of benzene rings is 1. The van der Waals surface area contributed by atoms with Gasteiger partial charge in [-0.05, 0) is 30.2 Å². The van der Waals surface area contributed by atoms with Crippen molar-refractivity contribution in [1.29, 1.82) is 0 Å². The fraction of sp³-hybridized carbons (Fsp3) is 0.231. The van der Waals surface area contributed by atoms with E-state index >= 15 is 0 Å². The van der Waals surface area contributed by atoms with Gasteiger partial charge in [0.1, 0.15) is 17.7 Å². The number of nitrogens with zero attached hydrogens (tertiary/aromatic N) is 2. The molecule has 18 heavy (non-hydrogen) atoms. The van der Waals surface area contributed by atoms with Gasteiger partial charge in [0.15, 0.2) is 0 Å². The van der Waals surface area contributed by atoms with Crippen LogP contribution in [0.1, 0.15) is 21.6 Å². The molecule has 1 N–H and O–H groups in total. The van der Waals surface area contributed by atoms with E-state index in [1.54, 1.807) is 23.1 Å². The molecular weight excluding hydrogens is 232 g/mol. The zero-order chi connectivity index (χ0) is 12.5. The van der Waals surface area contributed by atoms with Gasteiger partial charge >= 0.3 is 0 Å². The lowest BCUT2D eigenvalue weighted by molar-refractivity contribution is 0.0723. The van der Waals surface area contributed by atoms with E-state index in [0.29, 0.717) is 18.7 Å². The number of phenols is 1. The maximum absolute atomic E-state index is 12.2. The molecule has 1 aliphatic heterocycles. The molecule has 1 aliphatic rings. The Hall–Kier alpha value is -2.30. The van der Waals surface area contributed by atoms with Crippen LogP contribution >= 0.6 is 0 Å². The molecule has 92 valence electrons. The SMILES string of the molecule is O=C1c2ccc(O)cc2CCN1Cc1ccon1. The molecule has 0 saturated heterocycles. The maximum Gasteiger partial charge on any atom is 0.254 e. The van der Waals surface area contributed by atoms with Crippen LogP contribution in [0.15, 0.2) is 35.1 Å². The number of amides is 1. The number of aromatic hydroxyl groups is 1. The van der Waals surface area contributed by atoms with E-state index in [4.69, 9.17) is 4.52 Å². The first-order valence-corrected chi connectivity index (χ1v) is 5.74. The number of hydrogen-bond acceptors (Lipinski definition) is 4. The van der Waals surface area contributed by atoms with Gasteiger partial charge in [-0.25, -0.2) is 0 Å². The van der Waals surface area contributed by atoms with Gasteiger partial charge in [-0.3, -0.25) is 4.79 Å². The van der Waals surface area contributed by atoms with Crippen molar-refractivity contribution in [3.63, 3.8) is 0 Å². The van der Waals surface area contributed by atoms with Crippen molar-refractivity contribution >= 4 is 5.91 Å². The molecule has 0 bridgehead atoms. The standard InChI is InChI=1S/C13H12N2O3/c16-11-1-2-12-9(7-11)3-5-15(13(12)17)8-10-4-6-18-14-10/h1-2,4,6-7,16H,3,5,8H2. The summed E-state index contributed by atoms with van der Waals surface area (Å²) in [6.07, 6.45) is 2.24. The van der Waals surface area contributed by atoms with Crippen molar-refractivity contribution in [2.24, 2.45) is 0 Å². The first kappa shape index (κ1) is 10.8. The molecule has 0 fully saturated rings. The minimum Gasteiger partial charge on any atom is -0.508 e. The highest BCUT2D eigenvalue weighted by Crippen LogP contribution is 2.23. The smallest absolute Gasteiger partial charge is 0.254 e. The van der Waals surface area contributed by atoms with Gasteiger partial charge in [-0.15, -0.1) is 0 Å². The minimum absolute atomic E-state index is 0.0285. The molecule has 2 aromatic rings. The molecule has 0 aliphatic carbocycles. The Kier molecular flexibility index (Phi) is 2.51. The number of hydrogen-bond donors (Lipinski definition) is 1. The van der Waals surface area contributed by atoms with Crippen molar-refractivity contribution in [2.75, 3.05) is 6.54 Å². The van der Waals surface area contributed by atoms with Gasteiger partial charge < -0.3 is 14.5 Å². The normalized spacial score (nSPS) is 14.7. The number of carbonyl (C=O) groups is 1. The third-order valence-corrected chi connectivity index (χ3v) is 3.10. The number of aromatic nitrogens is 1. The van der Waals surface area contributed by atoms with E-state index in [0.717, 1.165) is 17.7 Å². The van der Waals surface area contributed by atoms with E-state index in [2.05, 4.69) is 5.16 Å². The maximum atomic E-state index is 12.2. The highest BCUT2D eigenvalue weighted by molar-refractivity contribution is 5.96.